The van der Waals surface area contributed by atoms with Gasteiger partial charge in [0.1, 0.15) is 6.33 Å². The van der Waals surface area contributed by atoms with Crippen molar-refractivity contribution in [1.82, 2.24) is 19.5 Å². The average Bonchev–Trinajstić information content (AvgIpc) is 3.06. The third kappa shape index (κ3) is 2.43. The van der Waals surface area contributed by atoms with Gasteiger partial charge >= 0.3 is 0 Å². The number of nitrogens with zero attached hydrogens (tertiary/aromatic N) is 5. The minimum Gasteiger partial charge on any atom is -0.396 e. The van der Waals surface area contributed by atoms with E-state index in [2.05, 4.69) is 15.0 Å². The van der Waals surface area contributed by atoms with Crippen LogP contribution in [0.15, 0.2) is 12.7 Å². The number of imidazole rings is 1. The van der Waals surface area contributed by atoms with Crippen molar-refractivity contribution in [3.63, 3.8) is 0 Å². The van der Waals surface area contributed by atoms with Crippen LogP contribution in [0.5, 0.6) is 0 Å². The SMILES string of the molecule is OCC1(Cn2cnc3c(N4CCC(F)(F)C4)ncnc32)COC1. The molecule has 0 aliphatic carbocycles. The summed E-state index contributed by atoms with van der Waals surface area (Å²) >= 11 is 0. The van der Waals surface area contributed by atoms with E-state index < -0.39 is 5.92 Å². The number of halogens is 2. The summed E-state index contributed by atoms with van der Waals surface area (Å²) in [5.41, 5.74) is 0.780. The Bertz CT molecular complexity index is 726. The number of ether oxygens (including phenoxy) is 1. The molecule has 2 aromatic heterocycles. The molecule has 1 N–H and O–H groups in total. The third-order valence-corrected chi connectivity index (χ3v) is 4.51. The number of aliphatic hydroxyl groups excluding tert-OH is 1. The molecule has 4 rings (SSSR count). The Hall–Kier alpha value is -1.87. The summed E-state index contributed by atoms with van der Waals surface area (Å²) in [6.07, 6.45) is 2.81. The standard InChI is InChI=1S/C14H17F2N5O2/c15-14(16)1-2-20(4-14)11-10-12(18-8-17-11)21(9-19-10)3-13(5-22)6-23-7-13/h8-9,22H,1-7H2. The lowest BCUT2D eigenvalue weighted by molar-refractivity contribution is -0.144. The third-order valence-electron chi connectivity index (χ3n) is 4.51. The van der Waals surface area contributed by atoms with Gasteiger partial charge in [0.05, 0.1) is 38.1 Å². The fourth-order valence-electron chi connectivity index (χ4n) is 3.12. The Labute approximate surface area is 130 Å². The van der Waals surface area contributed by atoms with Gasteiger partial charge in [-0.15, -0.1) is 0 Å². The molecule has 23 heavy (non-hydrogen) atoms. The summed E-state index contributed by atoms with van der Waals surface area (Å²) in [6.45, 7) is 1.41. The van der Waals surface area contributed by atoms with Crippen LogP contribution in [-0.4, -0.2) is 63.5 Å². The van der Waals surface area contributed by atoms with Crippen molar-refractivity contribution in [2.75, 3.05) is 37.8 Å². The van der Waals surface area contributed by atoms with Crippen LogP contribution in [0.3, 0.4) is 0 Å². The highest BCUT2D eigenvalue weighted by Crippen LogP contribution is 2.34. The molecule has 4 heterocycles. The lowest BCUT2D eigenvalue weighted by atomic mass is 9.87. The van der Waals surface area contributed by atoms with Crippen LogP contribution in [0.2, 0.25) is 0 Å². The van der Waals surface area contributed by atoms with Gasteiger partial charge in [-0.3, -0.25) is 0 Å². The Kier molecular flexibility index (Phi) is 3.24. The molecule has 9 heteroatoms. The molecule has 0 bridgehead atoms. The molecule has 0 radical (unpaired) electrons. The predicted octanol–water partition coefficient (Wildman–Crippen LogP) is 0.681. The molecule has 0 saturated carbocycles. The lowest BCUT2D eigenvalue weighted by Crippen LogP contribution is -2.48. The maximum Gasteiger partial charge on any atom is 0.266 e. The topological polar surface area (TPSA) is 76.3 Å². The number of rotatable bonds is 4. The minimum absolute atomic E-state index is 0.0168. The highest BCUT2D eigenvalue weighted by atomic mass is 19.3. The smallest absolute Gasteiger partial charge is 0.266 e. The van der Waals surface area contributed by atoms with Crippen LogP contribution in [-0.2, 0) is 11.3 Å². The van der Waals surface area contributed by atoms with E-state index in [-0.39, 0.29) is 31.5 Å². The van der Waals surface area contributed by atoms with Gasteiger partial charge in [-0.1, -0.05) is 0 Å². The van der Waals surface area contributed by atoms with Crippen molar-refractivity contribution in [2.24, 2.45) is 5.41 Å². The Morgan fingerprint density at radius 3 is 2.70 bits per heavy atom. The van der Waals surface area contributed by atoms with Gasteiger partial charge in [0.15, 0.2) is 17.0 Å². The average molecular weight is 325 g/mol. The largest absolute Gasteiger partial charge is 0.396 e. The van der Waals surface area contributed by atoms with E-state index in [1.165, 1.54) is 6.33 Å². The van der Waals surface area contributed by atoms with Gasteiger partial charge in [0.2, 0.25) is 0 Å². The maximum absolute atomic E-state index is 13.5. The number of aromatic nitrogens is 4. The molecular formula is C14H17F2N5O2. The van der Waals surface area contributed by atoms with Crippen molar-refractivity contribution >= 4 is 17.0 Å². The molecule has 2 aliphatic heterocycles. The second kappa shape index (κ2) is 5.07. The first-order valence-electron chi connectivity index (χ1n) is 7.49. The highest BCUT2D eigenvalue weighted by Gasteiger charge is 2.41. The zero-order valence-corrected chi connectivity index (χ0v) is 12.5. The zero-order valence-electron chi connectivity index (χ0n) is 12.5. The van der Waals surface area contributed by atoms with Crippen molar-refractivity contribution in [3.8, 4) is 0 Å². The van der Waals surface area contributed by atoms with E-state index >= 15 is 0 Å². The molecule has 0 spiro atoms. The first-order valence-corrected chi connectivity index (χ1v) is 7.49. The van der Waals surface area contributed by atoms with E-state index in [0.29, 0.717) is 36.7 Å². The molecule has 0 amide bonds. The highest BCUT2D eigenvalue weighted by molar-refractivity contribution is 5.83. The van der Waals surface area contributed by atoms with Crippen molar-refractivity contribution in [2.45, 2.75) is 18.9 Å². The van der Waals surface area contributed by atoms with Gasteiger partial charge in [-0.2, -0.15) is 0 Å². The zero-order chi connectivity index (χ0) is 16.1. The number of fused-ring (bicyclic) bond motifs is 1. The molecule has 0 unspecified atom stereocenters. The second-order valence-corrected chi connectivity index (χ2v) is 6.42. The van der Waals surface area contributed by atoms with Crippen LogP contribution < -0.4 is 4.90 Å². The van der Waals surface area contributed by atoms with Gasteiger partial charge in [0.25, 0.3) is 5.92 Å². The summed E-state index contributed by atoms with van der Waals surface area (Å²) in [5.74, 6) is -2.25. The number of anilines is 1. The van der Waals surface area contributed by atoms with Crippen LogP contribution in [0.25, 0.3) is 11.2 Å². The molecule has 0 atom stereocenters. The molecule has 0 aromatic carbocycles. The molecule has 2 aliphatic rings. The van der Waals surface area contributed by atoms with Gasteiger partial charge in [-0.25, -0.2) is 23.7 Å². The fraction of sp³-hybridized carbons (Fsp3) is 0.643. The van der Waals surface area contributed by atoms with Crippen molar-refractivity contribution in [1.29, 1.82) is 0 Å². The molecule has 124 valence electrons. The van der Waals surface area contributed by atoms with Crippen LogP contribution >= 0.6 is 0 Å². The summed E-state index contributed by atoms with van der Waals surface area (Å²) in [5, 5.41) is 9.55. The van der Waals surface area contributed by atoms with Gasteiger partial charge < -0.3 is 19.3 Å². The molecule has 2 aromatic rings. The number of aliphatic hydroxyl groups is 1. The van der Waals surface area contributed by atoms with Crippen LogP contribution in [0.1, 0.15) is 6.42 Å². The fourth-order valence-corrected chi connectivity index (χ4v) is 3.12. The normalized spacial score (nSPS) is 22.5. The van der Waals surface area contributed by atoms with Crippen LogP contribution in [0, 0.1) is 5.41 Å². The minimum atomic E-state index is -2.69. The summed E-state index contributed by atoms with van der Waals surface area (Å²) in [7, 11) is 0. The molecular weight excluding hydrogens is 308 g/mol. The van der Waals surface area contributed by atoms with Crippen molar-refractivity contribution < 1.29 is 18.6 Å². The monoisotopic (exact) mass is 325 g/mol. The predicted molar refractivity (Wildman–Crippen MR) is 77.4 cm³/mol. The second-order valence-electron chi connectivity index (χ2n) is 6.42. The number of hydrogen-bond acceptors (Lipinski definition) is 6. The van der Waals surface area contributed by atoms with Gasteiger partial charge in [-0.05, 0) is 0 Å². The quantitative estimate of drug-likeness (QED) is 0.891. The Balaban J connectivity index is 1.67. The molecule has 2 fully saturated rings. The summed E-state index contributed by atoms with van der Waals surface area (Å²) in [4.78, 5) is 14.3. The molecule has 7 nitrogen and oxygen atoms in total. The maximum atomic E-state index is 13.5. The molecule has 2 saturated heterocycles. The Morgan fingerprint density at radius 1 is 1.26 bits per heavy atom. The first-order chi connectivity index (χ1) is 11.0. The van der Waals surface area contributed by atoms with E-state index in [9.17, 15) is 13.9 Å². The number of alkyl halides is 2. The van der Waals surface area contributed by atoms with E-state index in [4.69, 9.17) is 4.74 Å². The first kappa shape index (κ1) is 14.7. The van der Waals surface area contributed by atoms with Crippen molar-refractivity contribution in [3.05, 3.63) is 12.7 Å². The van der Waals surface area contributed by atoms with Gasteiger partial charge in [0, 0.05) is 19.5 Å². The summed E-state index contributed by atoms with van der Waals surface area (Å²) < 4.78 is 33.9. The van der Waals surface area contributed by atoms with Crippen LogP contribution in [0.4, 0.5) is 14.6 Å². The number of hydrogen-bond donors (Lipinski definition) is 1. The summed E-state index contributed by atoms with van der Waals surface area (Å²) in [6, 6.07) is 0. The Morgan fingerprint density at radius 2 is 2.09 bits per heavy atom. The van der Waals surface area contributed by atoms with E-state index in [1.807, 2.05) is 4.57 Å². The van der Waals surface area contributed by atoms with E-state index in [1.54, 1.807) is 11.2 Å². The van der Waals surface area contributed by atoms with E-state index in [0.717, 1.165) is 0 Å². The lowest BCUT2D eigenvalue weighted by Gasteiger charge is -2.39.